The van der Waals surface area contributed by atoms with Gasteiger partial charge in [-0.15, -0.1) is 0 Å². The van der Waals surface area contributed by atoms with Crippen molar-refractivity contribution in [3.8, 4) is 11.5 Å². The fourth-order valence-corrected chi connectivity index (χ4v) is 6.09. The first-order valence-corrected chi connectivity index (χ1v) is 18.5. The highest BCUT2D eigenvalue weighted by Gasteiger charge is 2.32. The third kappa shape index (κ3) is 14.8. The highest BCUT2D eigenvalue weighted by atomic mass is 31.2. The molecule has 46 heavy (non-hydrogen) atoms. The van der Waals surface area contributed by atoms with Crippen LogP contribution in [0.3, 0.4) is 0 Å². The second-order valence-electron chi connectivity index (χ2n) is 14.0. The molecule has 0 radical (unpaired) electrons. The van der Waals surface area contributed by atoms with Gasteiger partial charge in [0.25, 0.3) is 0 Å². The molecule has 0 bridgehead atoms. The molecule has 0 amide bonds. The number of aliphatic hydroxyl groups excluding tert-OH is 4. The first-order chi connectivity index (χ1) is 21.6. The van der Waals surface area contributed by atoms with Crippen LogP contribution in [-0.4, -0.2) is 56.6 Å². The largest absolute Gasteiger partial charge is 0.470 e. The Balaban J connectivity index is 0.00000102. The Morgan fingerprint density at radius 3 is 1.59 bits per heavy atom. The minimum Gasteiger partial charge on any atom is -0.417 e. The average Bonchev–Trinajstić information content (AvgIpc) is 2.98. The fourth-order valence-electron chi connectivity index (χ4n) is 4.62. The molecule has 0 aliphatic carbocycles. The molecule has 11 heteroatoms. The summed E-state index contributed by atoms with van der Waals surface area (Å²) in [4.78, 5) is 19.5. The summed E-state index contributed by atoms with van der Waals surface area (Å²) in [5, 5.41) is 34.0. The molecular formula is C35H60O9P2. The highest BCUT2D eigenvalue weighted by molar-refractivity contribution is 7.55. The molecule has 264 valence electrons. The van der Waals surface area contributed by atoms with E-state index in [1.807, 2.05) is 18.2 Å². The van der Waals surface area contributed by atoms with Crippen LogP contribution in [-0.2, 0) is 21.6 Å². The summed E-state index contributed by atoms with van der Waals surface area (Å²) in [5.74, 6) is 1.36. The molecule has 0 saturated heterocycles. The minimum absolute atomic E-state index is 0.194. The van der Waals surface area contributed by atoms with Gasteiger partial charge in [-0.1, -0.05) is 123 Å². The van der Waals surface area contributed by atoms with E-state index in [4.69, 9.17) is 33.8 Å². The van der Waals surface area contributed by atoms with Gasteiger partial charge in [-0.3, -0.25) is 0 Å². The first-order valence-electron chi connectivity index (χ1n) is 16.3. The van der Waals surface area contributed by atoms with Gasteiger partial charge in [-0.25, -0.2) is 4.31 Å². The van der Waals surface area contributed by atoms with Gasteiger partial charge in [0.15, 0.2) is 0 Å². The Morgan fingerprint density at radius 1 is 0.674 bits per heavy atom. The molecular weight excluding hydrogens is 626 g/mol. The zero-order valence-corrected chi connectivity index (χ0v) is 31.0. The Morgan fingerprint density at radius 2 is 1.15 bits per heavy atom. The molecule has 2 aromatic carbocycles. The Hall–Kier alpha value is -1.38. The molecule has 0 aliphatic heterocycles. The molecule has 0 fully saturated rings. The van der Waals surface area contributed by atoms with E-state index in [-0.39, 0.29) is 10.8 Å². The van der Waals surface area contributed by atoms with Gasteiger partial charge in [-0.2, -0.15) is 0 Å². The van der Waals surface area contributed by atoms with Crippen LogP contribution in [0.15, 0.2) is 36.4 Å². The number of unbranched alkanes of at least 4 members (excludes halogenated alkanes) is 6. The maximum atomic E-state index is 9.77. The number of rotatable bonds is 18. The van der Waals surface area contributed by atoms with Crippen molar-refractivity contribution in [3.63, 3.8) is 0 Å². The lowest BCUT2D eigenvalue weighted by molar-refractivity contribution is -0.0328. The van der Waals surface area contributed by atoms with Crippen molar-refractivity contribution in [2.45, 2.75) is 118 Å². The van der Waals surface area contributed by atoms with Gasteiger partial charge in [0.05, 0.1) is 31.8 Å². The van der Waals surface area contributed by atoms with Crippen molar-refractivity contribution >= 4 is 17.2 Å². The van der Waals surface area contributed by atoms with Crippen LogP contribution in [0, 0.1) is 12.3 Å². The topological polar surface area (TPSA) is 149 Å². The normalized spacial score (nSPS) is 12.9. The lowest BCUT2D eigenvalue weighted by Crippen LogP contribution is -2.37. The zero-order chi connectivity index (χ0) is 35.0. The van der Waals surface area contributed by atoms with E-state index < -0.39 is 49.0 Å². The smallest absolute Gasteiger partial charge is 0.417 e. The number of para-hydroxylation sites is 1. The molecule has 0 saturated carbocycles. The monoisotopic (exact) mass is 686 g/mol. The average molecular weight is 687 g/mol. The van der Waals surface area contributed by atoms with Crippen LogP contribution in [0.4, 0.5) is 0 Å². The highest BCUT2D eigenvalue weighted by Crippen LogP contribution is 2.54. The summed E-state index contributed by atoms with van der Waals surface area (Å²) in [6, 6.07) is 12.2. The maximum absolute atomic E-state index is 9.77. The third-order valence-corrected chi connectivity index (χ3v) is 9.49. The van der Waals surface area contributed by atoms with Crippen LogP contribution in [0.2, 0.25) is 0 Å². The van der Waals surface area contributed by atoms with E-state index in [0.29, 0.717) is 11.5 Å². The summed E-state index contributed by atoms with van der Waals surface area (Å²) in [7, 11) is -4.77. The zero-order valence-electron chi connectivity index (χ0n) is 29.3. The van der Waals surface area contributed by atoms with Gasteiger partial charge in [0.1, 0.15) is 11.5 Å². The van der Waals surface area contributed by atoms with E-state index in [9.17, 15) is 9.79 Å². The van der Waals surface area contributed by atoms with Crippen LogP contribution >= 0.6 is 17.2 Å². The van der Waals surface area contributed by atoms with Gasteiger partial charge in [0, 0.05) is 11.1 Å². The SMILES string of the molecule is CCCCCCCCCc1ccccc1OP(Oc1c(C(C)(C)C)cc(C)cc1C(C)(C)C)OP(O)O.OCC(CO)(CO)CO. The summed E-state index contributed by atoms with van der Waals surface area (Å²) < 4.78 is 18.2. The van der Waals surface area contributed by atoms with Crippen molar-refractivity contribution in [3.05, 3.63) is 58.7 Å². The Bertz CT molecular complexity index is 1070. The molecule has 2 rings (SSSR count). The molecule has 0 aromatic heterocycles. The van der Waals surface area contributed by atoms with Crippen LogP contribution < -0.4 is 9.05 Å². The lowest BCUT2D eigenvalue weighted by atomic mass is 9.78. The number of benzene rings is 2. The van der Waals surface area contributed by atoms with Crippen molar-refractivity contribution < 1.29 is 43.6 Å². The Labute approximate surface area is 280 Å². The first kappa shape index (κ1) is 42.6. The van der Waals surface area contributed by atoms with Crippen LogP contribution in [0.5, 0.6) is 11.5 Å². The molecule has 2 aromatic rings. The molecule has 0 spiro atoms. The number of aryl methyl sites for hydroxylation is 2. The van der Waals surface area contributed by atoms with Gasteiger partial charge < -0.3 is 39.3 Å². The second kappa shape index (κ2) is 20.9. The Kier molecular flexibility index (Phi) is 19.3. The van der Waals surface area contributed by atoms with Crippen molar-refractivity contribution in [1.29, 1.82) is 0 Å². The van der Waals surface area contributed by atoms with E-state index in [1.54, 1.807) is 0 Å². The molecule has 0 aliphatic rings. The molecule has 6 N–H and O–H groups in total. The number of aliphatic hydroxyl groups is 4. The summed E-state index contributed by atoms with van der Waals surface area (Å²) in [6.45, 7) is 15.6. The number of hydrogen-bond donors (Lipinski definition) is 6. The van der Waals surface area contributed by atoms with Crippen molar-refractivity contribution in [2.24, 2.45) is 5.41 Å². The van der Waals surface area contributed by atoms with Crippen LogP contribution in [0.25, 0.3) is 0 Å². The number of hydrogen-bond acceptors (Lipinski definition) is 9. The van der Waals surface area contributed by atoms with Gasteiger partial charge >= 0.3 is 17.2 Å². The minimum atomic E-state index is -2.67. The van der Waals surface area contributed by atoms with Gasteiger partial charge in [-0.05, 0) is 42.2 Å². The lowest BCUT2D eigenvalue weighted by Gasteiger charge is -2.31. The maximum Gasteiger partial charge on any atom is 0.470 e. The third-order valence-electron chi connectivity index (χ3n) is 7.69. The van der Waals surface area contributed by atoms with E-state index in [2.05, 4.69) is 73.6 Å². The summed E-state index contributed by atoms with van der Waals surface area (Å²) >= 11 is 0. The van der Waals surface area contributed by atoms with E-state index in [0.717, 1.165) is 35.1 Å². The van der Waals surface area contributed by atoms with E-state index >= 15 is 0 Å². The summed E-state index contributed by atoms with van der Waals surface area (Å²) in [5.41, 5.74) is 2.80. The molecule has 0 heterocycles. The molecule has 1 unspecified atom stereocenters. The quantitative estimate of drug-likeness (QED) is 0.0684. The van der Waals surface area contributed by atoms with Crippen LogP contribution in [0.1, 0.15) is 116 Å². The molecule has 1 atom stereocenters. The fraction of sp³-hybridized carbons (Fsp3) is 0.657. The predicted octanol–water partition coefficient (Wildman–Crippen LogP) is 7.74. The van der Waals surface area contributed by atoms with Crippen molar-refractivity contribution in [1.82, 2.24) is 0 Å². The van der Waals surface area contributed by atoms with Crippen molar-refractivity contribution in [2.75, 3.05) is 26.4 Å². The van der Waals surface area contributed by atoms with Gasteiger partial charge in [0.2, 0.25) is 0 Å². The van der Waals surface area contributed by atoms with E-state index in [1.165, 1.54) is 38.5 Å². The standard InChI is InChI=1S/C30H48O5P2.C5H12O4/c1-9-10-11-12-13-14-15-18-24-19-16-17-20-27(24)33-37(35-36(31)32)34-28-25(29(3,4)5)21-23(2)22-26(28)30(6,7)8;6-1-5(2-7,3-8)4-9/h16-17,19-22,31-32H,9-15,18H2,1-8H3;6-9H,1-4H2. The predicted molar refractivity (Wildman–Crippen MR) is 188 cm³/mol. The second-order valence-corrected chi connectivity index (χ2v) is 16.0. The summed E-state index contributed by atoms with van der Waals surface area (Å²) in [6.07, 6.45) is 9.59. The molecule has 9 nitrogen and oxygen atoms in total.